The third-order valence-corrected chi connectivity index (χ3v) is 17.7. The van der Waals surface area contributed by atoms with Gasteiger partial charge in [0, 0.05) is 0 Å². The maximum absolute atomic E-state index is 6.62. The van der Waals surface area contributed by atoms with Crippen LogP contribution in [0.1, 0.15) is 11.1 Å². The van der Waals surface area contributed by atoms with Crippen molar-refractivity contribution < 1.29 is 0 Å². The molecule has 0 saturated heterocycles. The summed E-state index contributed by atoms with van der Waals surface area (Å²) in [5.41, 5.74) is 2.86. The van der Waals surface area contributed by atoms with Gasteiger partial charge in [-0.1, -0.05) is 97.1 Å². The standard InChI is InChI=1S/C36H36Cl2P2/c37-25-27-39(33-17-5-1-6-18-33,34-19-7-2-8-20-34)29-31-15-13-14-16-32(31)30-40(28-26-38,35-21-9-3-10-22-35)36-23-11-4-12-24-36/h1-24H,25-30H2/q+2. The van der Waals surface area contributed by atoms with Crippen molar-refractivity contribution in [3.63, 3.8) is 0 Å². The van der Waals surface area contributed by atoms with Crippen LogP contribution in [0.15, 0.2) is 146 Å². The highest BCUT2D eigenvalue weighted by atomic mass is 35.5. The highest BCUT2D eigenvalue weighted by Crippen LogP contribution is 2.62. The van der Waals surface area contributed by atoms with E-state index in [9.17, 15) is 0 Å². The van der Waals surface area contributed by atoms with E-state index in [4.69, 9.17) is 23.2 Å². The molecule has 0 unspecified atom stereocenters. The number of hydrogen-bond acceptors (Lipinski definition) is 0. The van der Waals surface area contributed by atoms with Crippen LogP contribution in [-0.4, -0.2) is 24.1 Å². The van der Waals surface area contributed by atoms with Gasteiger partial charge in [-0.05, 0) is 59.7 Å². The molecule has 5 aromatic carbocycles. The molecule has 202 valence electrons. The van der Waals surface area contributed by atoms with Crippen LogP contribution in [0.25, 0.3) is 0 Å². The summed E-state index contributed by atoms with van der Waals surface area (Å²) >= 11 is 13.2. The van der Waals surface area contributed by atoms with Gasteiger partial charge in [0.2, 0.25) is 0 Å². The van der Waals surface area contributed by atoms with E-state index >= 15 is 0 Å². The first kappa shape index (κ1) is 29.0. The summed E-state index contributed by atoms with van der Waals surface area (Å²) in [6.45, 7) is 0. The second kappa shape index (κ2) is 13.9. The van der Waals surface area contributed by atoms with Crippen LogP contribution >= 0.6 is 37.7 Å². The van der Waals surface area contributed by atoms with Crippen molar-refractivity contribution in [3.8, 4) is 0 Å². The van der Waals surface area contributed by atoms with Gasteiger partial charge < -0.3 is 0 Å². The van der Waals surface area contributed by atoms with E-state index in [1.54, 1.807) is 0 Å². The molecule has 0 N–H and O–H groups in total. The second-order valence-corrected chi connectivity index (χ2v) is 18.4. The SMILES string of the molecule is ClCC[P+](Cc1ccccc1C[P+](CCCl)(c1ccccc1)c1ccccc1)(c1ccccc1)c1ccccc1. The van der Waals surface area contributed by atoms with Crippen LogP contribution in [0.3, 0.4) is 0 Å². The van der Waals surface area contributed by atoms with Gasteiger partial charge in [0.15, 0.2) is 0 Å². The van der Waals surface area contributed by atoms with Crippen molar-refractivity contribution in [2.75, 3.05) is 24.1 Å². The number of benzene rings is 5. The van der Waals surface area contributed by atoms with Crippen molar-refractivity contribution >= 4 is 58.9 Å². The van der Waals surface area contributed by atoms with Crippen LogP contribution in [0.2, 0.25) is 0 Å². The molecular weight excluding hydrogens is 565 g/mol. The number of alkyl halides is 2. The molecule has 4 heteroatoms. The normalized spacial score (nSPS) is 11.8. The summed E-state index contributed by atoms with van der Waals surface area (Å²) in [6.07, 6.45) is 3.93. The molecule has 40 heavy (non-hydrogen) atoms. The zero-order chi connectivity index (χ0) is 27.7. The Morgan fingerprint density at radius 1 is 0.350 bits per heavy atom. The molecule has 0 spiro atoms. The average molecular weight is 602 g/mol. The first-order chi connectivity index (χ1) is 19.7. The average Bonchev–Trinajstić information content (AvgIpc) is 3.03. The Morgan fingerprint density at radius 2 is 0.600 bits per heavy atom. The summed E-state index contributed by atoms with van der Waals surface area (Å²) < 4.78 is 0. The van der Waals surface area contributed by atoms with E-state index < -0.39 is 14.5 Å². The second-order valence-electron chi connectivity index (χ2n) is 10.2. The summed E-state index contributed by atoms with van der Waals surface area (Å²) in [7, 11) is -3.64. The third-order valence-electron chi connectivity index (χ3n) is 7.93. The van der Waals surface area contributed by atoms with Gasteiger partial charge in [0.25, 0.3) is 0 Å². The Balaban J connectivity index is 1.66. The lowest BCUT2D eigenvalue weighted by Crippen LogP contribution is -2.29. The largest absolute Gasteiger partial charge is 0.123 e. The van der Waals surface area contributed by atoms with Crippen LogP contribution in [0, 0.1) is 0 Å². The zero-order valence-corrected chi connectivity index (χ0v) is 26.1. The molecule has 0 aliphatic heterocycles. The quantitative estimate of drug-likeness (QED) is 0.0994. The van der Waals surface area contributed by atoms with Gasteiger partial charge >= 0.3 is 0 Å². The first-order valence-electron chi connectivity index (χ1n) is 13.9. The highest BCUT2D eigenvalue weighted by molar-refractivity contribution is 7.89. The molecule has 0 radical (unpaired) electrons. The Morgan fingerprint density at radius 3 is 0.850 bits per heavy atom. The molecule has 0 aliphatic rings. The Labute approximate surface area is 251 Å². The first-order valence-corrected chi connectivity index (χ1v) is 19.3. The third kappa shape index (κ3) is 6.22. The summed E-state index contributed by atoms with van der Waals surface area (Å²) in [4.78, 5) is 0. The van der Waals surface area contributed by atoms with Crippen molar-refractivity contribution in [1.82, 2.24) is 0 Å². The molecule has 0 amide bonds. The van der Waals surface area contributed by atoms with Gasteiger partial charge in [-0.15, -0.1) is 23.2 Å². The number of hydrogen-bond donors (Lipinski definition) is 0. The maximum Gasteiger partial charge on any atom is 0.0995 e. The molecule has 5 aromatic rings. The fourth-order valence-corrected chi connectivity index (χ4v) is 15.7. The molecule has 0 fully saturated rings. The summed E-state index contributed by atoms with van der Waals surface area (Å²) in [5, 5.41) is 5.68. The van der Waals surface area contributed by atoms with Crippen molar-refractivity contribution in [3.05, 3.63) is 157 Å². The van der Waals surface area contributed by atoms with E-state index in [1.165, 1.54) is 32.3 Å². The molecule has 0 aliphatic carbocycles. The lowest BCUT2D eigenvalue weighted by atomic mass is 10.1. The molecule has 0 saturated carbocycles. The molecule has 0 heterocycles. The number of rotatable bonds is 12. The maximum atomic E-state index is 6.62. The minimum atomic E-state index is -1.82. The van der Waals surface area contributed by atoms with E-state index in [-0.39, 0.29) is 0 Å². The van der Waals surface area contributed by atoms with Crippen LogP contribution in [-0.2, 0) is 12.3 Å². The van der Waals surface area contributed by atoms with E-state index in [0.29, 0.717) is 11.8 Å². The lowest BCUT2D eigenvalue weighted by Gasteiger charge is -2.30. The Kier molecular flexibility index (Phi) is 10.1. The fourth-order valence-electron chi connectivity index (χ4n) is 5.93. The number of halogens is 2. The molecule has 5 rings (SSSR count). The zero-order valence-electron chi connectivity index (χ0n) is 22.7. The van der Waals surface area contributed by atoms with Gasteiger partial charge in [-0.2, -0.15) is 0 Å². The van der Waals surface area contributed by atoms with Gasteiger partial charge in [0.1, 0.15) is 0 Å². The van der Waals surface area contributed by atoms with E-state index in [0.717, 1.165) is 24.6 Å². The van der Waals surface area contributed by atoms with Crippen molar-refractivity contribution in [1.29, 1.82) is 0 Å². The summed E-state index contributed by atoms with van der Waals surface area (Å²) in [6, 6.07) is 53.5. The highest BCUT2D eigenvalue weighted by Gasteiger charge is 2.45. The monoisotopic (exact) mass is 600 g/mol. The summed E-state index contributed by atoms with van der Waals surface area (Å²) in [5.74, 6) is 1.27. The smallest absolute Gasteiger partial charge is 0.0995 e. The predicted octanol–water partition coefficient (Wildman–Crippen LogP) is 8.50. The van der Waals surface area contributed by atoms with Gasteiger partial charge in [0.05, 0.1) is 72.2 Å². The molecule has 0 nitrogen and oxygen atoms in total. The Bertz CT molecular complexity index is 1270. The van der Waals surface area contributed by atoms with E-state index in [2.05, 4.69) is 146 Å². The minimum absolute atomic E-state index is 0.636. The van der Waals surface area contributed by atoms with Gasteiger partial charge in [-0.25, -0.2) is 0 Å². The van der Waals surface area contributed by atoms with Crippen molar-refractivity contribution in [2.45, 2.75) is 12.3 Å². The fraction of sp³-hybridized carbons (Fsp3) is 0.167. The van der Waals surface area contributed by atoms with Crippen molar-refractivity contribution in [2.24, 2.45) is 0 Å². The van der Waals surface area contributed by atoms with E-state index in [1.807, 2.05) is 0 Å². The van der Waals surface area contributed by atoms with Crippen LogP contribution in [0.5, 0.6) is 0 Å². The molecular formula is C36H36Cl2P2+2. The lowest BCUT2D eigenvalue weighted by molar-refractivity contribution is 1.23. The van der Waals surface area contributed by atoms with Crippen LogP contribution < -0.4 is 21.2 Å². The molecule has 0 atom stereocenters. The van der Waals surface area contributed by atoms with Crippen LogP contribution in [0.4, 0.5) is 0 Å². The predicted molar refractivity (Wildman–Crippen MR) is 183 cm³/mol. The molecule has 0 aromatic heterocycles. The van der Waals surface area contributed by atoms with Gasteiger partial charge in [-0.3, -0.25) is 0 Å². The topological polar surface area (TPSA) is 0 Å². The minimum Gasteiger partial charge on any atom is -0.123 e. The molecule has 0 bridgehead atoms. The Hall–Kier alpha value is -2.46.